The standard InChI is InChI=1S/C16H21NO3/c1-2-20-12-15(18)17-10-8-14(9-11-17)16(19)13-6-4-3-5-7-13/h3-7,14H,2,8-12H2,1H3. The maximum Gasteiger partial charge on any atom is 0.248 e. The van der Waals surface area contributed by atoms with Crippen molar-refractivity contribution in [3.05, 3.63) is 35.9 Å². The summed E-state index contributed by atoms with van der Waals surface area (Å²) < 4.78 is 5.13. The monoisotopic (exact) mass is 275 g/mol. The van der Waals surface area contributed by atoms with Gasteiger partial charge in [-0.15, -0.1) is 0 Å². The van der Waals surface area contributed by atoms with Crippen LogP contribution in [0.25, 0.3) is 0 Å². The van der Waals surface area contributed by atoms with Crippen LogP contribution in [0, 0.1) is 5.92 Å². The molecule has 1 aliphatic rings. The summed E-state index contributed by atoms with van der Waals surface area (Å²) in [6.45, 7) is 3.87. The molecule has 1 aliphatic heterocycles. The van der Waals surface area contributed by atoms with Crippen molar-refractivity contribution in [3.8, 4) is 0 Å². The highest BCUT2D eigenvalue weighted by atomic mass is 16.5. The summed E-state index contributed by atoms with van der Waals surface area (Å²) in [4.78, 5) is 25.9. The Morgan fingerprint density at radius 2 is 1.85 bits per heavy atom. The van der Waals surface area contributed by atoms with E-state index in [-0.39, 0.29) is 24.2 Å². The maximum absolute atomic E-state index is 12.3. The first kappa shape index (κ1) is 14.7. The molecule has 0 aromatic heterocycles. The quantitative estimate of drug-likeness (QED) is 0.773. The third-order valence-corrected chi connectivity index (χ3v) is 3.71. The molecule has 108 valence electrons. The van der Waals surface area contributed by atoms with Crippen LogP contribution in [0.3, 0.4) is 0 Å². The van der Waals surface area contributed by atoms with Gasteiger partial charge in [0.2, 0.25) is 5.91 Å². The van der Waals surface area contributed by atoms with Crippen molar-refractivity contribution in [2.24, 2.45) is 5.92 Å². The molecule has 1 fully saturated rings. The van der Waals surface area contributed by atoms with E-state index in [0.29, 0.717) is 19.7 Å². The lowest BCUT2D eigenvalue weighted by Crippen LogP contribution is -2.42. The molecule has 0 bridgehead atoms. The number of rotatable bonds is 5. The predicted molar refractivity (Wildman–Crippen MR) is 76.6 cm³/mol. The van der Waals surface area contributed by atoms with Gasteiger partial charge >= 0.3 is 0 Å². The van der Waals surface area contributed by atoms with Gasteiger partial charge in [0.1, 0.15) is 6.61 Å². The minimum atomic E-state index is 0.0254. The Hall–Kier alpha value is -1.68. The molecule has 20 heavy (non-hydrogen) atoms. The van der Waals surface area contributed by atoms with Gasteiger partial charge in [-0.05, 0) is 19.8 Å². The van der Waals surface area contributed by atoms with Gasteiger partial charge in [-0.2, -0.15) is 0 Å². The second-order valence-electron chi connectivity index (χ2n) is 5.02. The summed E-state index contributed by atoms with van der Waals surface area (Å²) in [5.41, 5.74) is 0.770. The van der Waals surface area contributed by atoms with Crippen molar-refractivity contribution in [2.45, 2.75) is 19.8 Å². The molecule has 1 aromatic carbocycles. The van der Waals surface area contributed by atoms with Crippen LogP contribution < -0.4 is 0 Å². The number of benzene rings is 1. The fraction of sp³-hybridized carbons (Fsp3) is 0.500. The number of nitrogens with zero attached hydrogens (tertiary/aromatic N) is 1. The van der Waals surface area contributed by atoms with Gasteiger partial charge in [-0.1, -0.05) is 30.3 Å². The number of carbonyl (C=O) groups is 2. The molecule has 0 spiro atoms. The number of piperidine rings is 1. The zero-order chi connectivity index (χ0) is 14.4. The SMILES string of the molecule is CCOCC(=O)N1CCC(C(=O)c2ccccc2)CC1. The van der Waals surface area contributed by atoms with Crippen molar-refractivity contribution < 1.29 is 14.3 Å². The first-order chi connectivity index (χ1) is 9.72. The van der Waals surface area contributed by atoms with Crippen LogP contribution in [-0.2, 0) is 9.53 Å². The molecule has 0 atom stereocenters. The van der Waals surface area contributed by atoms with Crippen molar-refractivity contribution in [1.82, 2.24) is 4.90 Å². The molecular weight excluding hydrogens is 254 g/mol. The number of amides is 1. The molecule has 0 unspecified atom stereocenters. The molecule has 0 saturated carbocycles. The Morgan fingerprint density at radius 1 is 1.20 bits per heavy atom. The van der Waals surface area contributed by atoms with Crippen molar-refractivity contribution in [3.63, 3.8) is 0 Å². The number of ether oxygens (including phenoxy) is 1. The van der Waals surface area contributed by atoms with E-state index < -0.39 is 0 Å². The summed E-state index contributed by atoms with van der Waals surface area (Å²) in [5, 5.41) is 0. The maximum atomic E-state index is 12.3. The first-order valence-corrected chi connectivity index (χ1v) is 7.17. The molecule has 1 saturated heterocycles. The van der Waals surface area contributed by atoms with E-state index in [1.54, 1.807) is 4.90 Å². The highest BCUT2D eigenvalue weighted by molar-refractivity contribution is 5.98. The second kappa shape index (κ2) is 7.20. The van der Waals surface area contributed by atoms with Gasteiger partial charge in [0, 0.05) is 31.2 Å². The number of likely N-dealkylation sites (tertiary alicyclic amines) is 1. The van der Waals surface area contributed by atoms with Crippen LogP contribution in [0.4, 0.5) is 0 Å². The topological polar surface area (TPSA) is 46.6 Å². The fourth-order valence-electron chi connectivity index (χ4n) is 2.51. The Balaban J connectivity index is 1.85. The average molecular weight is 275 g/mol. The van der Waals surface area contributed by atoms with Crippen LogP contribution >= 0.6 is 0 Å². The summed E-state index contributed by atoms with van der Waals surface area (Å²) in [7, 11) is 0. The molecule has 0 radical (unpaired) electrons. The van der Waals surface area contributed by atoms with Gasteiger partial charge in [-0.25, -0.2) is 0 Å². The summed E-state index contributed by atoms with van der Waals surface area (Å²) in [5.74, 6) is 0.258. The summed E-state index contributed by atoms with van der Waals surface area (Å²) in [6, 6.07) is 9.39. The van der Waals surface area contributed by atoms with Crippen LogP contribution in [0.1, 0.15) is 30.1 Å². The van der Waals surface area contributed by atoms with Crippen LogP contribution in [0.2, 0.25) is 0 Å². The molecule has 0 N–H and O–H groups in total. The van der Waals surface area contributed by atoms with E-state index in [4.69, 9.17) is 4.74 Å². The minimum absolute atomic E-state index is 0.0254. The number of Topliss-reactive ketones (excluding diaryl/α,β-unsaturated/α-hetero) is 1. The smallest absolute Gasteiger partial charge is 0.248 e. The van der Waals surface area contributed by atoms with Crippen LogP contribution in [0.15, 0.2) is 30.3 Å². The third-order valence-electron chi connectivity index (χ3n) is 3.71. The Morgan fingerprint density at radius 3 is 2.45 bits per heavy atom. The van der Waals surface area contributed by atoms with Gasteiger partial charge in [0.15, 0.2) is 5.78 Å². The minimum Gasteiger partial charge on any atom is -0.372 e. The summed E-state index contributed by atoms with van der Waals surface area (Å²) in [6.07, 6.45) is 1.48. The molecule has 1 aromatic rings. The van der Waals surface area contributed by atoms with Crippen molar-refractivity contribution >= 4 is 11.7 Å². The zero-order valence-electron chi connectivity index (χ0n) is 11.9. The van der Waals surface area contributed by atoms with Gasteiger partial charge < -0.3 is 9.64 Å². The molecule has 1 amide bonds. The number of hydrogen-bond donors (Lipinski definition) is 0. The Kier molecular flexibility index (Phi) is 5.30. The highest BCUT2D eigenvalue weighted by Crippen LogP contribution is 2.21. The lowest BCUT2D eigenvalue weighted by molar-refractivity contribution is -0.137. The number of hydrogen-bond acceptors (Lipinski definition) is 3. The van der Waals surface area contributed by atoms with Crippen molar-refractivity contribution in [2.75, 3.05) is 26.3 Å². The van der Waals surface area contributed by atoms with Gasteiger partial charge in [0.05, 0.1) is 0 Å². The molecule has 0 aliphatic carbocycles. The lowest BCUT2D eigenvalue weighted by atomic mass is 9.89. The van der Waals surface area contributed by atoms with E-state index in [1.807, 2.05) is 37.3 Å². The Bertz CT molecular complexity index is 450. The number of ketones is 1. The van der Waals surface area contributed by atoms with E-state index in [2.05, 4.69) is 0 Å². The average Bonchev–Trinajstić information content (AvgIpc) is 2.53. The molecule has 4 heteroatoms. The van der Waals surface area contributed by atoms with E-state index in [1.165, 1.54) is 0 Å². The van der Waals surface area contributed by atoms with Crippen LogP contribution in [0.5, 0.6) is 0 Å². The van der Waals surface area contributed by atoms with Gasteiger partial charge in [0.25, 0.3) is 0 Å². The van der Waals surface area contributed by atoms with Crippen molar-refractivity contribution in [1.29, 1.82) is 0 Å². The summed E-state index contributed by atoms with van der Waals surface area (Å²) >= 11 is 0. The van der Waals surface area contributed by atoms with Crippen LogP contribution in [-0.4, -0.2) is 42.9 Å². The number of carbonyl (C=O) groups excluding carboxylic acids is 2. The Labute approximate surface area is 119 Å². The second-order valence-corrected chi connectivity index (χ2v) is 5.02. The molecule has 2 rings (SSSR count). The van der Waals surface area contributed by atoms with E-state index in [9.17, 15) is 9.59 Å². The first-order valence-electron chi connectivity index (χ1n) is 7.17. The molecule has 4 nitrogen and oxygen atoms in total. The normalized spacial score (nSPS) is 16.1. The van der Waals surface area contributed by atoms with E-state index >= 15 is 0 Å². The third kappa shape index (κ3) is 3.67. The van der Waals surface area contributed by atoms with Gasteiger partial charge in [-0.3, -0.25) is 9.59 Å². The largest absolute Gasteiger partial charge is 0.372 e. The predicted octanol–water partition coefficient (Wildman–Crippen LogP) is 2.14. The molecule has 1 heterocycles. The zero-order valence-corrected chi connectivity index (χ0v) is 11.9. The molecular formula is C16H21NO3. The van der Waals surface area contributed by atoms with E-state index in [0.717, 1.165) is 18.4 Å². The fourth-order valence-corrected chi connectivity index (χ4v) is 2.51. The lowest BCUT2D eigenvalue weighted by Gasteiger charge is -2.31. The highest BCUT2D eigenvalue weighted by Gasteiger charge is 2.27.